The van der Waals surface area contributed by atoms with Crippen LogP contribution in [0.5, 0.6) is 5.75 Å². The van der Waals surface area contributed by atoms with Crippen LogP contribution in [0.25, 0.3) is 11.0 Å². The normalized spacial score (nSPS) is 12.0. The van der Waals surface area contributed by atoms with Gasteiger partial charge in [-0.2, -0.15) is 0 Å². The van der Waals surface area contributed by atoms with Crippen molar-refractivity contribution in [2.75, 3.05) is 13.7 Å². The summed E-state index contributed by atoms with van der Waals surface area (Å²) >= 11 is 0. The molecule has 0 saturated carbocycles. The molecule has 0 saturated heterocycles. The van der Waals surface area contributed by atoms with Gasteiger partial charge in [0.15, 0.2) is 0 Å². The third-order valence-electron chi connectivity index (χ3n) is 3.49. The summed E-state index contributed by atoms with van der Waals surface area (Å²) in [6.45, 7) is 10.7. The van der Waals surface area contributed by atoms with Crippen molar-refractivity contribution in [3.05, 3.63) is 24.0 Å². The number of nitrogens with zero attached hydrogens (tertiary/aromatic N) is 2. The van der Waals surface area contributed by atoms with Crippen LogP contribution < -0.4 is 10.1 Å². The Bertz CT molecular complexity index is 596. The van der Waals surface area contributed by atoms with Gasteiger partial charge in [-0.3, -0.25) is 0 Å². The van der Waals surface area contributed by atoms with E-state index < -0.39 is 0 Å². The lowest BCUT2D eigenvalue weighted by Crippen LogP contribution is -2.37. The van der Waals surface area contributed by atoms with E-state index >= 15 is 0 Å². The molecule has 21 heavy (non-hydrogen) atoms. The molecule has 1 N–H and O–H groups in total. The standard InChI is InChI=1S/C17H27N3O/c1-6-11-20-15-8-7-13(21-5)12-14(15)19-16(20)9-10-18-17(2,3)4/h7-8,12,18H,6,9-11H2,1-5H3. The van der Waals surface area contributed by atoms with Crippen LogP contribution >= 0.6 is 0 Å². The maximum atomic E-state index is 5.30. The first kappa shape index (κ1) is 15.8. The number of benzene rings is 1. The summed E-state index contributed by atoms with van der Waals surface area (Å²) in [6, 6.07) is 6.13. The van der Waals surface area contributed by atoms with Crippen LogP contribution in [0.2, 0.25) is 0 Å². The predicted octanol–water partition coefficient (Wildman–Crippen LogP) is 3.39. The number of hydrogen-bond donors (Lipinski definition) is 1. The Morgan fingerprint density at radius 2 is 2.05 bits per heavy atom. The molecule has 0 aliphatic heterocycles. The lowest BCUT2D eigenvalue weighted by atomic mass is 10.1. The van der Waals surface area contributed by atoms with Crippen LogP contribution in [0.1, 0.15) is 39.9 Å². The largest absolute Gasteiger partial charge is 0.497 e. The molecule has 1 aromatic heterocycles. The van der Waals surface area contributed by atoms with Gasteiger partial charge in [-0.25, -0.2) is 4.98 Å². The number of imidazole rings is 1. The van der Waals surface area contributed by atoms with Crippen LogP contribution in [-0.4, -0.2) is 28.7 Å². The van der Waals surface area contributed by atoms with E-state index in [1.54, 1.807) is 7.11 Å². The van der Waals surface area contributed by atoms with Gasteiger partial charge in [-0.1, -0.05) is 6.92 Å². The molecule has 0 radical (unpaired) electrons. The van der Waals surface area contributed by atoms with Crippen molar-refractivity contribution >= 4 is 11.0 Å². The number of methoxy groups -OCH3 is 1. The Morgan fingerprint density at radius 3 is 2.67 bits per heavy atom. The molecular formula is C17H27N3O. The van der Waals surface area contributed by atoms with Crippen LogP contribution in [0.15, 0.2) is 18.2 Å². The number of aryl methyl sites for hydroxylation is 1. The van der Waals surface area contributed by atoms with E-state index in [9.17, 15) is 0 Å². The molecule has 0 fully saturated rings. The fourth-order valence-electron chi connectivity index (χ4n) is 2.50. The average molecular weight is 289 g/mol. The van der Waals surface area contributed by atoms with Crippen molar-refractivity contribution in [1.82, 2.24) is 14.9 Å². The van der Waals surface area contributed by atoms with E-state index in [4.69, 9.17) is 9.72 Å². The van der Waals surface area contributed by atoms with Gasteiger partial charge in [0.25, 0.3) is 0 Å². The zero-order valence-corrected chi connectivity index (χ0v) is 13.9. The van der Waals surface area contributed by atoms with Gasteiger partial charge < -0.3 is 14.6 Å². The molecule has 4 heteroatoms. The minimum Gasteiger partial charge on any atom is -0.497 e. The maximum absolute atomic E-state index is 5.30. The first-order chi connectivity index (χ1) is 9.94. The van der Waals surface area contributed by atoms with E-state index in [0.717, 1.165) is 43.0 Å². The minimum absolute atomic E-state index is 0.144. The number of ether oxygens (including phenoxy) is 1. The van der Waals surface area contributed by atoms with Crippen molar-refractivity contribution in [3.8, 4) is 5.75 Å². The molecule has 1 aromatic carbocycles. The van der Waals surface area contributed by atoms with Gasteiger partial charge in [0.2, 0.25) is 0 Å². The van der Waals surface area contributed by atoms with Crippen molar-refractivity contribution < 1.29 is 4.74 Å². The van der Waals surface area contributed by atoms with Crippen molar-refractivity contribution in [2.45, 2.75) is 52.6 Å². The summed E-state index contributed by atoms with van der Waals surface area (Å²) in [5, 5.41) is 3.53. The second kappa shape index (κ2) is 6.48. The minimum atomic E-state index is 0.144. The quantitative estimate of drug-likeness (QED) is 0.886. The van der Waals surface area contributed by atoms with Gasteiger partial charge in [-0.15, -0.1) is 0 Å². The highest BCUT2D eigenvalue weighted by Crippen LogP contribution is 2.22. The van der Waals surface area contributed by atoms with E-state index in [-0.39, 0.29) is 5.54 Å². The van der Waals surface area contributed by atoms with Crippen molar-refractivity contribution in [3.63, 3.8) is 0 Å². The van der Waals surface area contributed by atoms with Crippen molar-refractivity contribution in [1.29, 1.82) is 0 Å². The van der Waals surface area contributed by atoms with E-state index in [1.807, 2.05) is 12.1 Å². The molecule has 0 spiro atoms. The zero-order chi connectivity index (χ0) is 15.5. The smallest absolute Gasteiger partial charge is 0.121 e. The molecule has 0 aliphatic carbocycles. The Kier molecular flexibility index (Phi) is 4.88. The highest BCUT2D eigenvalue weighted by Gasteiger charge is 2.13. The van der Waals surface area contributed by atoms with Gasteiger partial charge in [-0.05, 0) is 39.3 Å². The van der Waals surface area contributed by atoms with E-state index in [1.165, 1.54) is 5.52 Å². The third-order valence-corrected chi connectivity index (χ3v) is 3.49. The second-order valence-electron chi connectivity index (χ2n) is 6.46. The molecule has 4 nitrogen and oxygen atoms in total. The summed E-state index contributed by atoms with van der Waals surface area (Å²) in [7, 11) is 1.69. The number of hydrogen-bond acceptors (Lipinski definition) is 3. The lowest BCUT2D eigenvalue weighted by molar-refractivity contribution is 0.415. The molecule has 0 atom stereocenters. The molecule has 0 unspecified atom stereocenters. The first-order valence-corrected chi connectivity index (χ1v) is 7.73. The van der Waals surface area contributed by atoms with Crippen LogP contribution in [0, 0.1) is 0 Å². The molecular weight excluding hydrogens is 262 g/mol. The Morgan fingerprint density at radius 1 is 1.29 bits per heavy atom. The Hall–Kier alpha value is -1.55. The molecule has 0 bridgehead atoms. The molecule has 0 amide bonds. The third kappa shape index (κ3) is 3.97. The molecule has 0 aliphatic rings. The van der Waals surface area contributed by atoms with E-state index in [2.05, 4.69) is 43.6 Å². The summed E-state index contributed by atoms with van der Waals surface area (Å²) in [5.41, 5.74) is 2.36. The van der Waals surface area contributed by atoms with Crippen LogP contribution in [0.4, 0.5) is 0 Å². The summed E-state index contributed by atoms with van der Waals surface area (Å²) in [5.74, 6) is 2.01. The summed E-state index contributed by atoms with van der Waals surface area (Å²) in [6.07, 6.45) is 2.05. The number of fused-ring (bicyclic) bond motifs is 1. The predicted molar refractivity (Wildman–Crippen MR) is 88.0 cm³/mol. The SMILES string of the molecule is CCCn1c(CCNC(C)(C)C)nc2cc(OC)ccc21. The second-order valence-corrected chi connectivity index (χ2v) is 6.46. The highest BCUT2D eigenvalue weighted by atomic mass is 16.5. The molecule has 116 valence electrons. The fourth-order valence-corrected chi connectivity index (χ4v) is 2.50. The average Bonchev–Trinajstić information content (AvgIpc) is 2.75. The monoisotopic (exact) mass is 289 g/mol. The van der Waals surface area contributed by atoms with Gasteiger partial charge in [0.05, 0.1) is 18.1 Å². The van der Waals surface area contributed by atoms with Crippen molar-refractivity contribution in [2.24, 2.45) is 0 Å². The molecule has 2 rings (SSSR count). The number of rotatable bonds is 6. The Labute approximate surface area is 127 Å². The topological polar surface area (TPSA) is 39.1 Å². The number of aromatic nitrogens is 2. The van der Waals surface area contributed by atoms with Crippen LogP contribution in [0.3, 0.4) is 0 Å². The Balaban J connectivity index is 2.26. The lowest BCUT2D eigenvalue weighted by Gasteiger charge is -2.20. The van der Waals surface area contributed by atoms with E-state index in [0.29, 0.717) is 0 Å². The summed E-state index contributed by atoms with van der Waals surface area (Å²) in [4.78, 5) is 4.80. The van der Waals surface area contributed by atoms with Gasteiger partial charge in [0, 0.05) is 31.1 Å². The van der Waals surface area contributed by atoms with Gasteiger partial charge in [0.1, 0.15) is 11.6 Å². The highest BCUT2D eigenvalue weighted by molar-refractivity contribution is 5.77. The zero-order valence-electron chi connectivity index (χ0n) is 13.9. The first-order valence-electron chi connectivity index (χ1n) is 7.73. The summed E-state index contributed by atoms with van der Waals surface area (Å²) < 4.78 is 7.63. The fraction of sp³-hybridized carbons (Fsp3) is 0.588. The maximum Gasteiger partial charge on any atom is 0.121 e. The van der Waals surface area contributed by atoms with Crippen LogP contribution in [-0.2, 0) is 13.0 Å². The molecule has 1 heterocycles. The number of nitrogens with one attached hydrogen (secondary N) is 1. The molecule has 2 aromatic rings. The van der Waals surface area contributed by atoms with Gasteiger partial charge >= 0.3 is 0 Å².